The van der Waals surface area contributed by atoms with Crippen LogP contribution in [0.1, 0.15) is 24.4 Å². The minimum absolute atomic E-state index is 0.140. The second-order valence-electron chi connectivity index (χ2n) is 7.32. The summed E-state index contributed by atoms with van der Waals surface area (Å²) in [7, 11) is 1.68. The highest BCUT2D eigenvalue weighted by Crippen LogP contribution is 2.27. The molecule has 2 aromatic rings. The van der Waals surface area contributed by atoms with Gasteiger partial charge in [0.1, 0.15) is 11.8 Å². The summed E-state index contributed by atoms with van der Waals surface area (Å²) in [5.41, 5.74) is 2.28. The third-order valence-electron chi connectivity index (χ3n) is 5.40. The Balaban J connectivity index is 1.45. The Labute approximate surface area is 160 Å². The number of hydrogen-bond acceptors (Lipinski definition) is 4. The van der Waals surface area contributed by atoms with Crippen LogP contribution in [-0.4, -0.2) is 50.1 Å². The molecule has 5 heteroatoms. The lowest BCUT2D eigenvalue weighted by atomic mass is 10.0. The van der Waals surface area contributed by atoms with E-state index < -0.39 is 0 Å². The largest absolute Gasteiger partial charge is 0.497 e. The van der Waals surface area contributed by atoms with Crippen molar-refractivity contribution in [3.05, 3.63) is 60.2 Å². The van der Waals surface area contributed by atoms with Gasteiger partial charge >= 0.3 is 0 Å². The molecular weight excluding hydrogens is 338 g/mol. The van der Waals surface area contributed by atoms with Crippen molar-refractivity contribution in [3.8, 4) is 5.75 Å². The lowest BCUT2D eigenvalue weighted by Crippen LogP contribution is -2.51. The van der Waals surface area contributed by atoms with Crippen LogP contribution in [0.15, 0.2) is 54.6 Å². The van der Waals surface area contributed by atoms with Gasteiger partial charge in [0.05, 0.1) is 7.11 Å². The number of methoxy groups -OCH3 is 1. The minimum Gasteiger partial charge on any atom is -0.497 e. The SMILES string of the molecule is COc1ccc(N2CCN([C@@H](C(=O)NC3CC3)c3ccccc3)CC2)cc1. The van der Waals surface area contributed by atoms with E-state index in [0.29, 0.717) is 6.04 Å². The zero-order chi connectivity index (χ0) is 18.6. The Morgan fingerprint density at radius 2 is 1.67 bits per heavy atom. The number of piperazine rings is 1. The predicted molar refractivity (Wildman–Crippen MR) is 107 cm³/mol. The van der Waals surface area contributed by atoms with E-state index in [0.717, 1.165) is 50.3 Å². The molecular formula is C22H27N3O2. The van der Waals surface area contributed by atoms with Gasteiger partial charge in [0, 0.05) is 37.9 Å². The van der Waals surface area contributed by atoms with Crippen molar-refractivity contribution in [2.75, 3.05) is 38.2 Å². The summed E-state index contributed by atoms with van der Waals surface area (Å²) in [6, 6.07) is 18.5. The number of rotatable bonds is 6. The molecule has 2 aromatic carbocycles. The molecule has 0 spiro atoms. The fraction of sp³-hybridized carbons (Fsp3) is 0.409. The first-order chi connectivity index (χ1) is 13.2. The van der Waals surface area contributed by atoms with Crippen LogP contribution in [0.4, 0.5) is 5.69 Å². The van der Waals surface area contributed by atoms with Crippen molar-refractivity contribution in [1.29, 1.82) is 0 Å². The van der Waals surface area contributed by atoms with Gasteiger partial charge < -0.3 is 15.0 Å². The van der Waals surface area contributed by atoms with Crippen molar-refractivity contribution in [2.45, 2.75) is 24.9 Å². The molecule has 1 aliphatic heterocycles. The normalized spacial score (nSPS) is 18.8. The molecule has 142 valence electrons. The Morgan fingerprint density at radius 3 is 2.26 bits per heavy atom. The average molecular weight is 365 g/mol. The maximum atomic E-state index is 12.9. The van der Waals surface area contributed by atoms with Crippen LogP contribution in [0.5, 0.6) is 5.75 Å². The van der Waals surface area contributed by atoms with Gasteiger partial charge in [-0.2, -0.15) is 0 Å². The molecule has 2 aliphatic rings. The maximum absolute atomic E-state index is 12.9. The number of anilines is 1. The molecule has 5 nitrogen and oxygen atoms in total. The molecule has 1 N–H and O–H groups in total. The van der Waals surface area contributed by atoms with Gasteiger partial charge in [-0.3, -0.25) is 9.69 Å². The van der Waals surface area contributed by atoms with Crippen molar-refractivity contribution in [1.82, 2.24) is 10.2 Å². The predicted octanol–water partition coefficient (Wildman–Crippen LogP) is 2.84. The Bertz CT molecular complexity index is 751. The molecule has 27 heavy (non-hydrogen) atoms. The van der Waals surface area contributed by atoms with E-state index in [9.17, 15) is 4.79 Å². The summed E-state index contributed by atoms with van der Waals surface area (Å²) in [5.74, 6) is 1.01. The van der Waals surface area contributed by atoms with Gasteiger partial charge in [0.25, 0.3) is 0 Å². The topological polar surface area (TPSA) is 44.8 Å². The summed E-state index contributed by atoms with van der Waals surface area (Å²) >= 11 is 0. The van der Waals surface area contributed by atoms with Crippen LogP contribution in [0.2, 0.25) is 0 Å². The molecule has 1 heterocycles. The molecule has 1 amide bonds. The van der Waals surface area contributed by atoms with Gasteiger partial charge in [-0.1, -0.05) is 30.3 Å². The summed E-state index contributed by atoms with van der Waals surface area (Å²) in [4.78, 5) is 17.6. The monoisotopic (exact) mass is 365 g/mol. The average Bonchev–Trinajstić information content (AvgIpc) is 3.54. The van der Waals surface area contributed by atoms with E-state index in [4.69, 9.17) is 4.74 Å². The first-order valence-electron chi connectivity index (χ1n) is 9.73. The fourth-order valence-electron chi connectivity index (χ4n) is 3.70. The second-order valence-corrected chi connectivity index (χ2v) is 7.32. The molecule has 1 saturated heterocycles. The highest BCUT2D eigenvalue weighted by molar-refractivity contribution is 5.83. The standard InChI is InChI=1S/C22H27N3O2/c1-27-20-11-9-19(10-12-20)24-13-15-25(16-14-24)21(17-5-3-2-4-6-17)22(26)23-18-7-8-18/h2-6,9-12,18,21H,7-8,13-16H2,1H3,(H,23,26)/t21-/m1/s1. The number of amides is 1. The van der Waals surface area contributed by atoms with E-state index in [-0.39, 0.29) is 11.9 Å². The van der Waals surface area contributed by atoms with Crippen LogP contribution in [0.3, 0.4) is 0 Å². The highest BCUT2D eigenvalue weighted by Gasteiger charge is 2.33. The van der Waals surface area contributed by atoms with Crippen LogP contribution in [0, 0.1) is 0 Å². The molecule has 0 aromatic heterocycles. The highest BCUT2D eigenvalue weighted by atomic mass is 16.5. The number of benzene rings is 2. The van der Waals surface area contributed by atoms with Gasteiger partial charge in [-0.25, -0.2) is 0 Å². The first-order valence-corrected chi connectivity index (χ1v) is 9.73. The van der Waals surface area contributed by atoms with E-state index in [1.54, 1.807) is 7.11 Å². The van der Waals surface area contributed by atoms with E-state index >= 15 is 0 Å². The lowest BCUT2D eigenvalue weighted by molar-refractivity contribution is -0.127. The maximum Gasteiger partial charge on any atom is 0.242 e. The molecule has 0 bridgehead atoms. The summed E-state index contributed by atoms with van der Waals surface area (Å²) in [6.45, 7) is 3.55. The van der Waals surface area contributed by atoms with Crippen molar-refractivity contribution in [3.63, 3.8) is 0 Å². The van der Waals surface area contributed by atoms with Crippen molar-refractivity contribution < 1.29 is 9.53 Å². The van der Waals surface area contributed by atoms with Gasteiger partial charge in [0.2, 0.25) is 5.91 Å². The molecule has 2 fully saturated rings. The molecule has 0 unspecified atom stereocenters. The number of nitrogens with one attached hydrogen (secondary N) is 1. The Hall–Kier alpha value is -2.53. The van der Waals surface area contributed by atoms with Crippen LogP contribution in [-0.2, 0) is 4.79 Å². The number of carbonyl (C=O) groups is 1. The zero-order valence-electron chi connectivity index (χ0n) is 15.8. The van der Waals surface area contributed by atoms with Gasteiger partial charge in [-0.05, 0) is 42.7 Å². The Kier molecular flexibility index (Phi) is 5.30. The van der Waals surface area contributed by atoms with Crippen LogP contribution < -0.4 is 15.0 Å². The first kappa shape index (κ1) is 17.9. The van der Waals surface area contributed by atoms with Crippen molar-refractivity contribution in [2.24, 2.45) is 0 Å². The molecule has 1 saturated carbocycles. The summed E-state index contributed by atoms with van der Waals surface area (Å²) in [5, 5.41) is 3.20. The number of carbonyl (C=O) groups excluding carboxylic acids is 1. The Morgan fingerprint density at radius 1 is 1.00 bits per heavy atom. The van der Waals surface area contributed by atoms with Gasteiger partial charge in [-0.15, -0.1) is 0 Å². The number of nitrogens with zero attached hydrogens (tertiary/aromatic N) is 2. The third-order valence-corrected chi connectivity index (χ3v) is 5.40. The van der Waals surface area contributed by atoms with E-state index in [2.05, 4.69) is 39.4 Å². The van der Waals surface area contributed by atoms with Crippen LogP contribution in [0.25, 0.3) is 0 Å². The molecule has 1 atom stereocenters. The molecule has 1 aliphatic carbocycles. The number of hydrogen-bond donors (Lipinski definition) is 1. The fourth-order valence-corrected chi connectivity index (χ4v) is 3.70. The van der Waals surface area contributed by atoms with E-state index in [1.807, 2.05) is 30.3 Å². The van der Waals surface area contributed by atoms with E-state index in [1.165, 1.54) is 5.69 Å². The van der Waals surface area contributed by atoms with Gasteiger partial charge in [0.15, 0.2) is 0 Å². The summed E-state index contributed by atoms with van der Waals surface area (Å²) in [6.07, 6.45) is 2.22. The molecule has 4 rings (SSSR count). The third kappa shape index (κ3) is 4.25. The smallest absolute Gasteiger partial charge is 0.242 e. The summed E-state index contributed by atoms with van der Waals surface area (Å²) < 4.78 is 5.25. The van der Waals surface area contributed by atoms with Crippen molar-refractivity contribution >= 4 is 11.6 Å². The number of ether oxygens (including phenoxy) is 1. The van der Waals surface area contributed by atoms with Crippen LogP contribution >= 0.6 is 0 Å². The quantitative estimate of drug-likeness (QED) is 0.855. The second kappa shape index (κ2) is 8.01. The molecule has 0 radical (unpaired) electrons. The zero-order valence-corrected chi connectivity index (χ0v) is 15.8. The minimum atomic E-state index is -0.204. The lowest BCUT2D eigenvalue weighted by Gasteiger charge is -2.39.